The van der Waals surface area contributed by atoms with Crippen LogP contribution < -0.4 is 4.74 Å². The third kappa shape index (κ3) is 13.2. The van der Waals surface area contributed by atoms with Crippen LogP contribution in [0.25, 0.3) is 0 Å². The molecule has 2 heterocycles. The third-order valence-corrected chi connectivity index (χ3v) is 27.9. The molecule has 0 N–H and O–H groups in total. The molecule has 14 heteroatoms. The van der Waals surface area contributed by atoms with E-state index in [1.807, 2.05) is 38.1 Å². The highest BCUT2D eigenvalue weighted by Crippen LogP contribution is 2.53. The number of hydrogen-bond acceptors (Lipinski definition) is 10. The fourth-order valence-electron chi connectivity index (χ4n) is 7.15. The summed E-state index contributed by atoms with van der Waals surface area (Å²) in [7, 11) is -2.22. The van der Waals surface area contributed by atoms with Gasteiger partial charge in [0.05, 0.1) is 58.3 Å². The summed E-state index contributed by atoms with van der Waals surface area (Å²) in [6.07, 6.45) is -1.48. The normalized spacial score (nSPS) is 25.7. The molecule has 2 fully saturated rings. The molecule has 0 bridgehead atoms. The topological polar surface area (TPSA) is 107 Å². The minimum absolute atomic E-state index is 0.0350. The van der Waals surface area contributed by atoms with Gasteiger partial charge in [-0.1, -0.05) is 81.4 Å². The van der Waals surface area contributed by atoms with E-state index in [2.05, 4.69) is 115 Å². The zero-order valence-electron chi connectivity index (χ0n) is 41.9. The molecule has 0 radical (unpaired) electrons. The second-order valence-corrected chi connectivity index (χ2v) is 37.1. The lowest BCUT2D eigenvalue weighted by Crippen LogP contribution is -2.62. The molecule has 2 aliphatic rings. The van der Waals surface area contributed by atoms with Crippen LogP contribution in [0.1, 0.15) is 102 Å². The lowest BCUT2D eigenvalue weighted by atomic mass is 9.77. The number of nitrogens with zero attached hydrogens (tertiary/aromatic N) is 1. The zero-order valence-corrected chi connectivity index (χ0v) is 44.9. The number of epoxide rings is 1. The monoisotopic (exact) mass is 898 g/mol. The second kappa shape index (κ2) is 19.5. The van der Waals surface area contributed by atoms with Crippen LogP contribution in [0.4, 0.5) is 0 Å². The average Bonchev–Trinajstić information content (AvgIpc) is 3.81. The van der Waals surface area contributed by atoms with Gasteiger partial charge in [-0.2, -0.15) is 0 Å². The van der Waals surface area contributed by atoms with Crippen molar-refractivity contribution in [3.63, 3.8) is 0 Å². The van der Waals surface area contributed by atoms with E-state index < -0.39 is 54.7 Å². The number of benzene rings is 1. The van der Waals surface area contributed by atoms with Gasteiger partial charge in [-0.05, 0) is 92.9 Å². The van der Waals surface area contributed by atoms with Crippen LogP contribution in [0.2, 0.25) is 54.4 Å². The number of amides is 1. The predicted molar refractivity (Wildman–Crippen MR) is 249 cm³/mol. The summed E-state index contributed by atoms with van der Waals surface area (Å²) in [6.45, 7) is 44.1. The number of hydroxylamine groups is 2. The Hall–Kier alpha value is -1.18. The summed E-state index contributed by atoms with van der Waals surface area (Å²) in [4.78, 5) is 19.1. The van der Waals surface area contributed by atoms with Gasteiger partial charge in [-0.15, -0.1) is 0 Å². The van der Waals surface area contributed by atoms with Crippen LogP contribution in [0, 0.1) is 17.8 Å². The van der Waals surface area contributed by atoms with Crippen LogP contribution in [0.3, 0.4) is 0 Å². The highest BCUT2D eigenvalue weighted by molar-refractivity contribution is 6.75. The number of carbonyl (C=O) groups excluding carboxylic acids is 1. The highest BCUT2D eigenvalue weighted by atomic mass is 28.4. The summed E-state index contributed by atoms with van der Waals surface area (Å²) in [5.74, 6) is -0.977. The van der Waals surface area contributed by atoms with E-state index in [0.29, 0.717) is 26.4 Å². The number of carbonyl (C=O) groups is 1. The molecular formula is C46H87NO10Si3. The predicted octanol–water partition coefficient (Wildman–Crippen LogP) is 10.6. The Morgan fingerprint density at radius 2 is 1.32 bits per heavy atom. The van der Waals surface area contributed by atoms with Crippen LogP contribution in [-0.4, -0.2) is 113 Å². The molecule has 2 saturated heterocycles. The lowest BCUT2D eigenvalue weighted by molar-refractivity contribution is -0.338. The van der Waals surface area contributed by atoms with Gasteiger partial charge in [0.1, 0.15) is 11.4 Å². The Morgan fingerprint density at radius 3 is 1.82 bits per heavy atom. The molecule has 0 aliphatic carbocycles. The molecule has 1 aromatic rings. The molecule has 3 rings (SSSR count). The largest absolute Gasteiger partial charge is 0.497 e. The summed E-state index contributed by atoms with van der Waals surface area (Å²) < 4.78 is 54.7. The Bertz CT molecular complexity index is 1530. The molecule has 1 aromatic carbocycles. The number of methoxy groups -OCH3 is 1. The zero-order chi connectivity index (χ0) is 46.1. The molecule has 0 aromatic heterocycles. The van der Waals surface area contributed by atoms with Crippen molar-refractivity contribution in [1.29, 1.82) is 0 Å². The Morgan fingerprint density at radius 1 is 0.783 bits per heavy atom. The van der Waals surface area contributed by atoms with E-state index in [1.54, 1.807) is 14.2 Å². The number of ether oxygens (including phenoxy) is 5. The molecule has 0 spiro atoms. The van der Waals surface area contributed by atoms with Gasteiger partial charge < -0.3 is 37.0 Å². The van der Waals surface area contributed by atoms with Crippen LogP contribution in [0.5, 0.6) is 5.75 Å². The van der Waals surface area contributed by atoms with Gasteiger partial charge in [0.15, 0.2) is 30.7 Å². The first-order valence-corrected chi connectivity index (χ1v) is 30.9. The Labute approximate surface area is 368 Å². The van der Waals surface area contributed by atoms with E-state index >= 15 is 0 Å². The van der Waals surface area contributed by atoms with Crippen molar-refractivity contribution in [1.82, 2.24) is 5.06 Å². The maximum absolute atomic E-state index is 13.7. The fourth-order valence-corrected chi connectivity index (χ4v) is 10.6. The van der Waals surface area contributed by atoms with Crippen molar-refractivity contribution in [2.75, 3.05) is 41.1 Å². The minimum atomic E-state index is -2.47. The molecule has 11 nitrogen and oxygen atoms in total. The van der Waals surface area contributed by atoms with E-state index in [0.717, 1.165) is 11.3 Å². The first-order chi connectivity index (χ1) is 27.1. The molecule has 2 aliphatic heterocycles. The smallest absolute Gasteiger partial charge is 0.248 e. The van der Waals surface area contributed by atoms with Gasteiger partial charge in [0.25, 0.3) is 0 Å². The van der Waals surface area contributed by atoms with E-state index in [9.17, 15) is 4.79 Å². The standard InChI is InChI=1S/C46H87NO10Si3/c1-32(28-51-29-33-23-25-34(49-15)26-24-33)40-46(13,56-40)41(57-60(21,22)44(8,9)10)36(31-53-59(19,20)43(5,6)7)39-35(30-52-58(17,18)42(2,3)4)37(54-45(11,12)55-39)27-38(48)47(14)50-16/h23-26,32,35-37,39-41H,27-31H2,1-22H3/t32-,35+,36-,37-,39+,40+,41-,46+/m0/s1. The summed E-state index contributed by atoms with van der Waals surface area (Å²) in [5, 5.41) is 1.11. The van der Waals surface area contributed by atoms with E-state index in [4.69, 9.17) is 41.8 Å². The summed E-state index contributed by atoms with van der Waals surface area (Å²) >= 11 is 0. The minimum Gasteiger partial charge on any atom is -0.497 e. The van der Waals surface area contributed by atoms with Gasteiger partial charge >= 0.3 is 0 Å². The van der Waals surface area contributed by atoms with Crippen molar-refractivity contribution in [3.8, 4) is 5.75 Å². The van der Waals surface area contributed by atoms with Crippen molar-refractivity contribution in [2.45, 2.75) is 193 Å². The maximum Gasteiger partial charge on any atom is 0.248 e. The average molecular weight is 898 g/mol. The van der Waals surface area contributed by atoms with Crippen molar-refractivity contribution in [2.24, 2.45) is 17.8 Å². The van der Waals surface area contributed by atoms with Crippen LogP contribution >= 0.6 is 0 Å². The Balaban J connectivity index is 2.20. The van der Waals surface area contributed by atoms with Gasteiger partial charge in [-0.25, -0.2) is 5.06 Å². The first kappa shape index (κ1) is 53.2. The third-order valence-electron chi connectivity index (χ3n) is 14.5. The molecule has 1 amide bonds. The van der Waals surface area contributed by atoms with Crippen LogP contribution in [0.15, 0.2) is 24.3 Å². The fraction of sp³-hybridized carbons (Fsp3) is 0.848. The molecule has 0 saturated carbocycles. The van der Waals surface area contributed by atoms with Gasteiger partial charge in [-0.3, -0.25) is 9.63 Å². The van der Waals surface area contributed by atoms with E-state index in [1.165, 1.54) is 12.2 Å². The van der Waals surface area contributed by atoms with Crippen molar-refractivity contribution < 1.29 is 46.6 Å². The second-order valence-electron chi connectivity index (χ2n) is 22.7. The molecule has 0 unspecified atom stereocenters. The van der Waals surface area contributed by atoms with E-state index in [-0.39, 0.29) is 51.3 Å². The van der Waals surface area contributed by atoms with Crippen molar-refractivity contribution >= 4 is 30.9 Å². The maximum atomic E-state index is 13.7. The Kier molecular flexibility index (Phi) is 17.3. The number of hydrogen-bond donors (Lipinski definition) is 0. The molecule has 348 valence electrons. The highest BCUT2D eigenvalue weighted by Gasteiger charge is 2.66. The summed E-state index contributed by atoms with van der Waals surface area (Å²) in [6, 6.07) is 7.98. The summed E-state index contributed by atoms with van der Waals surface area (Å²) in [5.41, 5.74) is 0.400. The quantitative estimate of drug-likeness (QED) is 0.0713. The molecule has 8 atom stereocenters. The molecule has 60 heavy (non-hydrogen) atoms. The first-order valence-electron chi connectivity index (χ1n) is 22.1. The van der Waals surface area contributed by atoms with Gasteiger partial charge in [0.2, 0.25) is 5.91 Å². The van der Waals surface area contributed by atoms with Gasteiger partial charge in [0, 0.05) is 38.0 Å². The SMILES string of the molecule is COc1ccc(COC[C@H](C)[C@H]2O[C@@]2(C)[C@@H](O[Si](C)(C)C(C)(C)C)[C@@H](CO[Si](C)(C)C(C)(C)C)[C@@H]2OC(C)(C)O[C@@H](CC(=O)N(C)OC)[C@H]2CO[Si](C)(C)C(C)(C)C)cc1. The number of rotatable bonds is 20. The van der Waals surface area contributed by atoms with Crippen LogP contribution in [-0.2, 0) is 48.5 Å². The molecular weight excluding hydrogens is 811 g/mol. The lowest BCUT2D eigenvalue weighted by Gasteiger charge is -2.52. The van der Waals surface area contributed by atoms with Crippen molar-refractivity contribution in [3.05, 3.63) is 29.8 Å².